The lowest BCUT2D eigenvalue weighted by molar-refractivity contribution is 0.281. The minimum Gasteiger partial charge on any atom is -0.489 e. The van der Waals surface area contributed by atoms with E-state index in [2.05, 4.69) is 13.5 Å². The first-order chi connectivity index (χ1) is 7.58. The molecule has 1 aromatic rings. The SMILES string of the molecule is C=C(CC)COc1c(C)cc(CO)cc1C. The third kappa shape index (κ3) is 3.11. The summed E-state index contributed by atoms with van der Waals surface area (Å²) in [6.45, 7) is 10.6. The molecule has 2 heteroatoms. The zero-order chi connectivity index (χ0) is 12.1. The van der Waals surface area contributed by atoms with Crippen LogP contribution < -0.4 is 4.74 Å². The highest BCUT2D eigenvalue weighted by Crippen LogP contribution is 2.25. The van der Waals surface area contributed by atoms with Crippen LogP contribution in [0.2, 0.25) is 0 Å². The van der Waals surface area contributed by atoms with Gasteiger partial charge in [0.2, 0.25) is 0 Å². The predicted molar refractivity (Wildman–Crippen MR) is 66.8 cm³/mol. The predicted octanol–water partition coefficient (Wildman–Crippen LogP) is 3.14. The van der Waals surface area contributed by atoms with E-state index >= 15 is 0 Å². The fourth-order valence-electron chi connectivity index (χ4n) is 1.64. The van der Waals surface area contributed by atoms with Crippen molar-refractivity contribution < 1.29 is 9.84 Å². The van der Waals surface area contributed by atoms with Crippen molar-refractivity contribution >= 4 is 0 Å². The average molecular weight is 220 g/mol. The first kappa shape index (κ1) is 12.8. The van der Waals surface area contributed by atoms with Crippen molar-refractivity contribution in [2.24, 2.45) is 0 Å². The van der Waals surface area contributed by atoms with Gasteiger partial charge in [0, 0.05) is 0 Å². The van der Waals surface area contributed by atoms with E-state index in [-0.39, 0.29) is 6.61 Å². The lowest BCUT2D eigenvalue weighted by atomic mass is 10.1. The molecule has 0 bridgehead atoms. The highest BCUT2D eigenvalue weighted by Gasteiger charge is 2.06. The van der Waals surface area contributed by atoms with Crippen LogP contribution in [-0.2, 0) is 6.61 Å². The second-order valence-corrected chi connectivity index (χ2v) is 4.11. The van der Waals surface area contributed by atoms with E-state index in [0.717, 1.165) is 34.4 Å². The zero-order valence-electron chi connectivity index (χ0n) is 10.3. The van der Waals surface area contributed by atoms with Gasteiger partial charge in [-0.3, -0.25) is 0 Å². The molecule has 2 nitrogen and oxygen atoms in total. The molecule has 1 N–H and O–H groups in total. The number of benzene rings is 1. The molecule has 0 radical (unpaired) electrons. The number of aliphatic hydroxyl groups excluding tert-OH is 1. The van der Waals surface area contributed by atoms with Crippen molar-refractivity contribution in [3.63, 3.8) is 0 Å². The van der Waals surface area contributed by atoms with Crippen LogP contribution in [0.25, 0.3) is 0 Å². The monoisotopic (exact) mass is 220 g/mol. The summed E-state index contributed by atoms with van der Waals surface area (Å²) in [5.74, 6) is 0.909. The lowest BCUT2D eigenvalue weighted by Crippen LogP contribution is -2.03. The van der Waals surface area contributed by atoms with Crippen molar-refractivity contribution in [1.82, 2.24) is 0 Å². The van der Waals surface area contributed by atoms with E-state index in [1.807, 2.05) is 26.0 Å². The van der Waals surface area contributed by atoms with Crippen LogP contribution in [0.3, 0.4) is 0 Å². The Morgan fingerprint density at radius 2 is 1.88 bits per heavy atom. The highest BCUT2D eigenvalue weighted by atomic mass is 16.5. The number of aryl methyl sites for hydroxylation is 2. The van der Waals surface area contributed by atoms with Crippen molar-refractivity contribution in [2.75, 3.05) is 6.61 Å². The van der Waals surface area contributed by atoms with Gasteiger partial charge in [0.25, 0.3) is 0 Å². The molecule has 0 saturated carbocycles. The molecule has 1 aromatic carbocycles. The van der Waals surface area contributed by atoms with Gasteiger partial charge in [0.1, 0.15) is 12.4 Å². The van der Waals surface area contributed by atoms with Crippen LogP contribution in [0.15, 0.2) is 24.3 Å². The molecule has 16 heavy (non-hydrogen) atoms. The van der Waals surface area contributed by atoms with E-state index in [1.165, 1.54) is 0 Å². The fourth-order valence-corrected chi connectivity index (χ4v) is 1.64. The Labute approximate surface area is 97.6 Å². The van der Waals surface area contributed by atoms with Crippen molar-refractivity contribution in [3.8, 4) is 5.75 Å². The van der Waals surface area contributed by atoms with Crippen LogP contribution in [0, 0.1) is 13.8 Å². The van der Waals surface area contributed by atoms with Crippen LogP contribution in [0.5, 0.6) is 5.75 Å². The molecule has 0 aliphatic heterocycles. The smallest absolute Gasteiger partial charge is 0.125 e. The van der Waals surface area contributed by atoms with Gasteiger partial charge in [-0.05, 0) is 42.5 Å². The van der Waals surface area contributed by atoms with Gasteiger partial charge < -0.3 is 9.84 Å². The quantitative estimate of drug-likeness (QED) is 0.772. The van der Waals surface area contributed by atoms with Crippen molar-refractivity contribution in [1.29, 1.82) is 0 Å². The second kappa shape index (κ2) is 5.71. The van der Waals surface area contributed by atoms with Crippen molar-refractivity contribution in [2.45, 2.75) is 33.8 Å². The third-order valence-corrected chi connectivity index (χ3v) is 2.62. The van der Waals surface area contributed by atoms with Crippen LogP contribution in [-0.4, -0.2) is 11.7 Å². The lowest BCUT2D eigenvalue weighted by Gasteiger charge is -2.14. The maximum absolute atomic E-state index is 9.08. The number of ether oxygens (including phenoxy) is 1. The topological polar surface area (TPSA) is 29.5 Å². The summed E-state index contributed by atoms with van der Waals surface area (Å²) >= 11 is 0. The van der Waals surface area contributed by atoms with E-state index in [1.54, 1.807) is 0 Å². The summed E-state index contributed by atoms with van der Waals surface area (Å²) in [6.07, 6.45) is 0.937. The minimum absolute atomic E-state index is 0.0730. The number of hydrogen-bond acceptors (Lipinski definition) is 2. The summed E-state index contributed by atoms with van der Waals surface area (Å²) in [7, 11) is 0. The normalized spacial score (nSPS) is 10.2. The standard InChI is InChI=1S/C14H20O2/c1-5-10(2)9-16-14-11(3)6-13(8-15)7-12(14)4/h6-7,15H,2,5,8-9H2,1,3-4H3. The molecule has 0 atom stereocenters. The molecule has 1 rings (SSSR count). The fraction of sp³-hybridized carbons (Fsp3) is 0.429. The average Bonchev–Trinajstić information content (AvgIpc) is 2.27. The van der Waals surface area contributed by atoms with E-state index in [0.29, 0.717) is 6.61 Å². The molecule has 0 aliphatic carbocycles. The largest absolute Gasteiger partial charge is 0.489 e. The summed E-state index contributed by atoms with van der Waals surface area (Å²) in [4.78, 5) is 0. The number of aliphatic hydroxyl groups is 1. The maximum atomic E-state index is 9.08. The maximum Gasteiger partial charge on any atom is 0.125 e. The Hall–Kier alpha value is -1.28. The molecule has 0 spiro atoms. The minimum atomic E-state index is 0.0730. The Morgan fingerprint density at radius 3 is 2.31 bits per heavy atom. The van der Waals surface area contributed by atoms with Crippen LogP contribution >= 0.6 is 0 Å². The summed E-state index contributed by atoms with van der Waals surface area (Å²) in [6, 6.07) is 3.91. The molecular formula is C14H20O2. The molecule has 0 aliphatic rings. The Morgan fingerprint density at radius 1 is 1.31 bits per heavy atom. The van der Waals surface area contributed by atoms with Gasteiger partial charge in [-0.1, -0.05) is 25.6 Å². The van der Waals surface area contributed by atoms with Gasteiger partial charge in [0.05, 0.1) is 6.61 Å². The summed E-state index contributed by atoms with van der Waals surface area (Å²) in [5.41, 5.74) is 4.14. The molecule has 0 saturated heterocycles. The number of rotatable bonds is 5. The first-order valence-electron chi connectivity index (χ1n) is 5.59. The van der Waals surface area contributed by atoms with Gasteiger partial charge in [0.15, 0.2) is 0 Å². The Bertz CT molecular complexity index is 357. The Balaban J connectivity index is 2.84. The molecule has 0 amide bonds. The molecule has 0 unspecified atom stereocenters. The first-order valence-corrected chi connectivity index (χ1v) is 5.59. The molecular weight excluding hydrogens is 200 g/mol. The van der Waals surface area contributed by atoms with Gasteiger partial charge >= 0.3 is 0 Å². The van der Waals surface area contributed by atoms with E-state index < -0.39 is 0 Å². The van der Waals surface area contributed by atoms with E-state index in [9.17, 15) is 0 Å². The van der Waals surface area contributed by atoms with E-state index in [4.69, 9.17) is 9.84 Å². The van der Waals surface area contributed by atoms with Gasteiger partial charge in [-0.25, -0.2) is 0 Å². The summed E-state index contributed by atoms with van der Waals surface area (Å²) < 4.78 is 5.74. The second-order valence-electron chi connectivity index (χ2n) is 4.11. The molecule has 0 fully saturated rings. The van der Waals surface area contributed by atoms with Crippen LogP contribution in [0.1, 0.15) is 30.0 Å². The third-order valence-electron chi connectivity index (χ3n) is 2.62. The van der Waals surface area contributed by atoms with Gasteiger partial charge in [-0.15, -0.1) is 0 Å². The number of hydrogen-bond donors (Lipinski definition) is 1. The van der Waals surface area contributed by atoms with Crippen LogP contribution in [0.4, 0.5) is 0 Å². The summed E-state index contributed by atoms with van der Waals surface area (Å²) in [5, 5.41) is 9.08. The highest BCUT2D eigenvalue weighted by molar-refractivity contribution is 5.43. The van der Waals surface area contributed by atoms with Gasteiger partial charge in [-0.2, -0.15) is 0 Å². The molecule has 88 valence electrons. The zero-order valence-corrected chi connectivity index (χ0v) is 10.3. The molecule has 0 aromatic heterocycles. The Kier molecular flexibility index (Phi) is 4.56. The molecule has 0 heterocycles. The van der Waals surface area contributed by atoms with Crippen molar-refractivity contribution in [3.05, 3.63) is 41.0 Å².